The SMILES string of the molecule is COCC1CCN(c2c(CBr)c(C)nn2C)CC1. The Balaban J connectivity index is 2.09. The summed E-state index contributed by atoms with van der Waals surface area (Å²) in [6.07, 6.45) is 2.42. The van der Waals surface area contributed by atoms with Gasteiger partial charge in [-0.3, -0.25) is 4.68 Å². The van der Waals surface area contributed by atoms with E-state index in [0.717, 1.165) is 30.7 Å². The number of hydrogen-bond acceptors (Lipinski definition) is 3. The summed E-state index contributed by atoms with van der Waals surface area (Å²) >= 11 is 3.58. The fourth-order valence-electron chi connectivity index (χ4n) is 2.79. The second-order valence-electron chi connectivity index (χ2n) is 5.03. The van der Waals surface area contributed by atoms with Crippen LogP contribution in [0, 0.1) is 12.8 Å². The minimum Gasteiger partial charge on any atom is -0.384 e. The van der Waals surface area contributed by atoms with E-state index in [1.807, 2.05) is 11.7 Å². The van der Waals surface area contributed by atoms with Crippen molar-refractivity contribution in [1.29, 1.82) is 0 Å². The highest BCUT2D eigenvalue weighted by Crippen LogP contribution is 2.29. The standard InChI is InChI=1S/C13H22BrN3O/c1-10-12(8-14)13(16(2)15-10)17-6-4-11(5-7-17)9-18-3/h11H,4-9H2,1-3H3. The third-order valence-corrected chi connectivity index (χ3v) is 4.32. The van der Waals surface area contributed by atoms with Gasteiger partial charge in [-0.25, -0.2) is 0 Å². The number of alkyl halides is 1. The Morgan fingerprint density at radius 2 is 2.06 bits per heavy atom. The van der Waals surface area contributed by atoms with E-state index in [-0.39, 0.29) is 0 Å². The van der Waals surface area contributed by atoms with Crippen LogP contribution < -0.4 is 4.90 Å². The molecule has 1 aliphatic heterocycles. The van der Waals surface area contributed by atoms with Gasteiger partial charge in [0.25, 0.3) is 0 Å². The number of nitrogens with zero attached hydrogens (tertiary/aromatic N) is 3. The molecule has 1 aliphatic rings. The summed E-state index contributed by atoms with van der Waals surface area (Å²) < 4.78 is 7.27. The van der Waals surface area contributed by atoms with Gasteiger partial charge in [0.2, 0.25) is 0 Å². The molecule has 1 fully saturated rings. The maximum Gasteiger partial charge on any atom is 0.130 e. The Kier molecular flexibility index (Phi) is 4.67. The van der Waals surface area contributed by atoms with Crippen molar-refractivity contribution in [3.63, 3.8) is 0 Å². The van der Waals surface area contributed by atoms with Crippen molar-refractivity contribution < 1.29 is 4.74 Å². The maximum absolute atomic E-state index is 5.25. The van der Waals surface area contributed by atoms with Crippen molar-refractivity contribution in [2.75, 3.05) is 31.7 Å². The molecule has 0 unspecified atom stereocenters. The first-order chi connectivity index (χ1) is 8.67. The topological polar surface area (TPSA) is 30.3 Å². The van der Waals surface area contributed by atoms with Gasteiger partial charge in [-0.1, -0.05) is 15.9 Å². The van der Waals surface area contributed by atoms with Crippen LogP contribution in [-0.4, -0.2) is 36.6 Å². The molecule has 2 heterocycles. The lowest BCUT2D eigenvalue weighted by atomic mass is 9.97. The summed E-state index contributed by atoms with van der Waals surface area (Å²) in [6.45, 7) is 5.18. The van der Waals surface area contributed by atoms with E-state index in [4.69, 9.17) is 4.74 Å². The molecule has 0 N–H and O–H groups in total. The van der Waals surface area contributed by atoms with E-state index in [0.29, 0.717) is 5.92 Å². The summed E-state index contributed by atoms with van der Waals surface area (Å²) in [4.78, 5) is 2.46. The van der Waals surface area contributed by atoms with Crippen molar-refractivity contribution in [3.8, 4) is 0 Å². The number of rotatable bonds is 4. The molecule has 5 heteroatoms. The normalized spacial score (nSPS) is 17.4. The van der Waals surface area contributed by atoms with Crippen molar-refractivity contribution in [3.05, 3.63) is 11.3 Å². The molecule has 1 saturated heterocycles. The molecule has 0 spiro atoms. The zero-order valence-corrected chi connectivity index (χ0v) is 13.0. The first-order valence-corrected chi connectivity index (χ1v) is 7.61. The van der Waals surface area contributed by atoms with Gasteiger partial charge >= 0.3 is 0 Å². The van der Waals surface area contributed by atoms with Crippen LogP contribution in [-0.2, 0) is 17.1 Å². The maximum atomic E-state index is 5.25. The summed E-state index contributed by atoms with van der Waals surface area (Å²) in [5, 5.41) is 5.41. The van der Waals surface area contributed by atoms with Gasteiger partial charge in [-0.05, 0) is 25.7 Å². The Hall–Kier alpha value is -0.550. The van der Waals surface area contributed by atoms with Gasteiger partial charge in [0.15, 0.2) is 0 Å². The third kappa shape index (κ3) is 2.72. The van der Waals surface area contributed by atoms with E-state index in [1.54, 1.807) is 7.11 Å². The lowest BCUT2D eigenvalue weighted by Gasteiger charge is -2.33. The number of halogens is 1. The third-order valence-electron chi connectivity index (χ3n) is 3.76. The molecular formula is C13H22BrN3O. The van der Waals surface area contributed by atoms with Crippen LogP contribution in [0.3, 0.4) is 0 Å². The average Bonchev–Trinajstić information content (AvgIpc) is 2.65. The molecule has 0 aliphatic carbocycles. The Morgan fingerprint density at radius 1 is 1.39 bits per heavy atom. The van der Waals surface area contributed by atoms with Crippen molar-refractivity contribution in [2.24, 2.45) is 13.0 Å². The Bertz CT molecular complexity index is 397. The molecule has 2 rings (SSSR count). The molecule has 0 atom stereocenters. The first-order valence-electron chi connectivity index (χ1n) is 6.49. The summed E-state index contributed by atoms with van der Waals surface area (Å²) in [7, 11) is 3.83. The van der Waals surface area contributed by atoms with Crippen molar-refractivity contribution >= 4 is 21.7 Å². The van der Waals surface area contributed by atoms with Gasteiger partial charge in [-0.2, -0.15) is 5.10 Å². The minimum atomic E-state index is 0.716. The molecule has 0 saturated carbocycles. The highest BCUT2D eigenvalue weighted by Gasteiger charge is 2.24. The lowest BCUT2D eigenvalue weighted by Crippen LogP contribution is -2.36. The lowest BCUT2D eigenvalue weighted by molar-refractivity contribution is 0.139. The molecule has 0 aromatic carbocycles. The van der Waals surface area contributed by atoms with Crippen LogP contribution in [0.1, 0.15) is 24.1 Å². The summed E-state index contributed by atoms with van der Waals surface area (Å²) in [5.41, 5.74) is 2.45. The summed E-state index contributed by atoms with van der Waals surface area (Å²) in [6, 6.07) is 0. The van der Waals surface area contributed by atoms with Gasteiger partial charge < -0.3 is 9.64 Å². The smallest absolute Gasteiger partial charge is 0.130 e. The monoisotopic (exact) mass is 315 g/mol. The second-order valence-corrected chi connectivity index (χ2v) is 5.59. The fraction of sp³-hybridized carbons (Fsp3) is 0.769. The van der Waals surface area contributed by atoms with E-state index in [2.05, 4.69) is 32.9 Å². The van der Waals surface area contributed by atoms with Gasteiger partial charge in [-0.15, -0.1) is 0 Å². The number of methoxy groups -OCH3 is 1. The highest BCUT2D eigenvalue weighted by molar-refractivity contribution is 9.08. The molecule has 0 bridgehead atoms. The average molecular weight is 316 g/mol. The van der Waals surface area contributed by atoms with Crippen LogP contribution in [0.2, 0.25) is 0 Å². The van der Waals surface area contributed by atoms with E-state index < -0.39 is 0 Å². The number of piperidine rings is 1. The second kappa shape index (κ2) is 6.06. The van der Waals surface area contributed by atoms with Gasteiger partial charge in [0.1, 0.15) is 5.82 Å². The number of aryl methyl sites for hydroxylation is 2. The zero-order chi connectivity index (χ0) is 13.1. The quantitative estimate of drug-likeness (QED) is 0.800. The predicted molar refractivity (Wildman–Crippen MR) is 77.4 cm³/mol. The first kappa shape index (κ1) is 13.9. The fourth-order valence-corrected chi connectivity index (χ4v) is 3.45. The molecule has 1 aromatic rings. The van der Waals surface area contributed by atoms with Gasteiger partial charge in [0, 0.05) is 44.7 Å². The molecule has 18 heavy (non-hydrogen) atoms. The van der Waals surface area contributed by atoms with Crippen LogP contribution in [0.5, 0.6) is 0 Å². The molecule has 1 aromatic heterocycles. The number of hydrogen-bond donors (Lipinski definition) is 0. The number of aromatic nitrogens is 2. The van der Waals surface area contributed by atoms with Crippen molar-refractivity contribution in [1.82, 2.24) is 9.78 Å². The molecular weight excluding hydrogens is 294 g/mol. The zero-order valence-electron chi connectivity index (χ0n) is 11.4. The van der Waals surface area contributed by atoms with Crippen LogP contribution in [0.4, 0.5) is 5.82 Å². The Morgan fingerprint density at radius 3 is 2.61 bits per heavy atom. The van der Waals surface area contributed by atoms with Crippen LogP contribution in [0.15, 0.2) is 0 Å². The molecule has 102 valence electrons. The molecule has 0 radical (unpaired) electrons. The number of anilines is 1. The van der Waals surface area contributed by atoms with Crippen LogP contribution in [0.25, 0.3) is 0 Å². The minimum absolute atomic E-state index is 0.716. The Labute approximate surface area is 117 Å². The molecule has 4 nitrogen and oxygen atoms in total. The predicted octanol–water partition coefficient (Wildman–Crippen LogP) is 2.49. The number of ether oxygens (including phenoxy) is 1. The highest BCUT2D eigenvalue weighted by atomic mass is 79.9. The molecule has 0 amide bonds. The largest absolute Gasteiger partial charge is 0.384 e. The van der Waals surface area contributed by atoms with E-state index in [1.165, 1.54) is 24.2 Å². The summed E-state index contributed by atoms with van der Waals surface area (Å²) in [5.74, 6) is 1.99. The van der Waals surface area contributed by atoms with Crippen LogP contribution >= 0.6 is 15.9 Å². The van der Waals surface area contributed by atoms with E-state index >= 15 is 0 Å². The van der Waals surface area contributed by atoms with E-state index in [9.17, 15) is 0 Å². The van der Waals surface area contributed by atoms with Gasteiger partial charge in [0.05, 0.1) is 5.69 Å². The van der Waals surface area contributed by atoms with Crippen molar-refractivity contribution in [2.45, 2.75) is 25.1 Å².